The largest absolute Gasteiger partial charge is 0.390 e. The van der Waals surface area contributed by atoms with E-state index in [4.69, 9.17) is 0 Å². The number of hydrogen-bond donors (Lipinski definition) is 4. The van der Waals surface area contributed by atoms with Crippen molar-refractivity contribution in [2.75, 3.05) is 11.1 Å². The van der Waals surface area contributed by atoms with Crippen LogP contribution < -0.4 is 5.32 Å². The molecule has 4 rings (SSSR count). The third-order valence-electron chi connectivity index (χ3n) is 4.59. The molecule has 0 bridgehead atoms. The maximum Gasteiger partial charge on any atom is 0.191 e. The minimum Gasteiger partial charge on any atom is -0.390 e. The van der Waals surface area contributed by atoms with Crippen LogP contribution in [0.2, 0.25) is 0 Å². The van der Waals surface area contributed by atoms with E-state index in [1.165, 1.54) is 4.68 Å². The monoisotopic (exact) mass is 366 g/mol. The summed E-state index contributed by atoms with van der Waals surface area (Å²) < 4.78 is 1.51. The Hall–Kier alpha value is -1.49. The van der Waals surface area contributed by atoms with E-state index < -0.39 is 24.4 Å². The van der Waals surface area contributed by atoms with Gasteiger partial charge in [-0.25, -0.2) is 14.6 Å². The van der Waals surface area contributed by atoms with E-state index >= 15 is 0 Å². The molecule has 136 valence electrons. The fraction of sp³-hybridized carbons (Fsp3) is 0.733. The highest BCUT2D eigenvalue weighted by molar-refractivity contribution is 7.99. The summed E-state index contributed by atoms with van der Waals surface area (Å²) >= 11 is 1.56. The van der Waals surface area contributed by atoms with Gasteiger partial charge in [0.15, 0.2) is 22.1 Å². The topological polar surface area (TPSA) is 129 Å². The Labute approximate surface area is 148 Å². The Bertz CT molecular complexity index is 767. The molecular weight excluding hydrogens is 344 g/mol. The molecule has 0 amide bonds. The van der Waals surface area contributed by atoms with E-state index in [1.54, 1.807) is 11.8 Å². The van der Waals surface area contributed by atoms with Gasteiger partial charge in [-0.1, -0.05) is 23.9 Å². The fourth-order valence-corrected chi connectivity index (χ4v) is 3.73. The Morgan fingerprint density at radius 1 is 1.20 bits per heavy atom. The number of aromatic nitrogens is 5. The Balaban J connectivity index is 1.74. The zero-order chi connectivity index (χ0) is 17.6. The van der Waals surface area contributed by atoms with Crippen LogP contribution in [0.15, 0.2) is 5.16 Å². The van der Waals surface area contributed by atoms with Crippen molar-refractivity contribution in [1.82, 2.24) is 25.0 Å². The van der Waals surface area contributed by atoms with Crippen molar-refractivity contribution < 1.29 is 15.3 Å². The summed E-state index contributed by atoms with van der Waals surface area (Å²) in [6, 6.07) is -0.157. The van der Waals surface area contributed by atoms with Crippen LogP contribution in [0.1, 0.15) is 38.6 Å². The fourth-order valence-electron chi connectivity index (χ4n) is 3.04. The van der Waals surface area contributed by atoms with Crippen molar-refractivity contribution in [2.45, 2.75) is 68.2 Å². The molecule has 2 aromatic rings. The number of fused-ring (bicyclic) bond motifs is 1. The molecule has 2 fully saturated rings. The minimum atomic E-state index is -1.19. The number of aliphatic hydroxyl groups excluding tert-OH is 3. The number of nitrogens with zero attached hydrogens (tertiary/aromatic N) is 5. The molecule has 25 heavy (non-hydrogen) atoms. The molecule has 10 heteroatoms. The van der Waals surface area contributed by atoms with Crippen LogP contribution in [0.25, 0.3) is 11.2 Å². The molecule has 2 saturated carbocycles. The first-order valence-corrected chi connectivity index (χ1v) is 9.63. The molecule has 9 nitrogen and oxygen atoms in total. The highest BCUT2D eigenvalue weighted by Gasteiger charge is 2.43. The van der Waals surface area contributed by atoms with Gasteiger partial charge in [-0.05, 0) is 19.3 Å². The molecule has 0 radical (unpaired) electrons. The molecule has 2 aliphatic rings. The first-order chi connectivity index (χ1) is 12.1. The van der Waals surface area contributed by atoms with E-state index in [1.807, 2.05) is 0 Å². The highest BCUT2D eigenvalue weighted by atomic mass is 32.2. The van der Waals surface area contributed by atoms with Crippen LogP contribution in [0.4, 0.5) is 5.82 Å². The normalized spacial score (nSPS) is 29.4. The summed E-state index contributed by atoms with van der Waals surface area (Å²) in [5, 5.41) is 42.3. The van der Waals surface area contributed by atoms with Gasteiger partial charge in [0.1, 0.15) is 12.2 Å². The summed E-state index contributed by atoms with van der Waals surface area (Å²) in [6.45, 7) is 2.10. The lowest BCUT2D eigenvalue weighted by Crippen LogP contribution is -2.31. The van der Waals surface area contributed by atoms with Crippen LogP contribution in [0.5, 0.6) is 0 Å². The van der Waals surface area contributed by atoms with Crippen molar-refractivity contribution in [2.24, 2.45) is 0 Å². The second kappa shape index (κ2) is 6.67. The summed E-state index contributed by atoms with van der Waals surface area (Å²) in [5.41, 5.74) is 1.07. The average Bonchev–Trinajstić information content (AvgIpc) is 3.26. The molecule has 2 aliphatic carbocycles. The second-order valence-corrected chi connectivity index (χ2v) is 7.74. The molecule has 4 N–H and O–H groups in total. The number of hydrogen-bond acceptors (Lipinski definition) is 9. The summed E-state index contributed by atoms with van der Waals surface area (Å²) in [6.07, 6.45) is 0.139. The standard InChI is InChI=1S/C15H22N6O3S/c1-2-5-25-15-17-13(16-7-3-4-7)10-14(18-15)21(20-19-10)8-6-9(22)12(24)11(8)23/h7-9,11-12,22-24H,2-6H2,1H3,(H,16,17,18)/t8-,9+,11+,12-/m1/s1. The van der Waals surface area contributed by atoms with Gasteiger partial charge < -0.3 is 20.6 Å². The van der Waals surface area contributed by atoms with E-state index in [9.17, 15) is 15.3 Å². The number of rotatable bonds is 6. The predicted molar refractivity (Wildman–Crippen MR) is 92.5 cm³/mol. The van der Waals surface area contributed by atoms with Crippen LogP contribution in [0, 0.1) is 0 Å². The van der Waals surface area contributed by atoms with Crippen molar-refractivity contribution in [1.29, 1.82) is 0 Å². The maximum absolute atomic E-state index is 10.2. The van der Waals surface area contributed by atoms with E-state index in [0.29, 0.717) is 28.2 Å². The molecule has 0 aliphatic heterocycles. The lowest BCUT2D eigenvalue weighted by atomic mass is 10.2. The summed E-state index contributed by atoms with van der Waals surface area (Å²) in [5.74, 6) is 1.56. The molecule has 0 saturated heterocycles. The predicted octanol–water partition coefficient (Wildman–Crippen LogP) is 0.325. The zero-order valence-corrected chi connectivity index (χ0v) is 14.7. The molecule has 0 spiro atoms. The smallest absolute Gasteiger partial charge is 0.191 e. The number of aliphatic hydroxyl groups is 3. The summed E-state index contributed by atoms with van der Waals surface area (Å²) in [7, 11) is 0. The van der Waals surface area contributed by atoms with Crippen LogP contribution in [-0.4, -0.2) is 70.4 Å². The Morgan fingerprint density at radius 2 is 2.00 bits per heavy atom. The zero-order valence-electron chi connectivity index (χ0n) is 13.9. The first-order valence-electron chi connectivity index (χ1n) is 8.65. The van der Waals surface area contributed by atoms with Crippen LogP contribution >= 0.6 is 11.8 Å². The highest BCUT2D eigenvalue weighted by Crippen LogP contribution is 2.34. The van der Waals surface area contributed by atoms with Gasteiger partial charge in [-0.3, -0.25) is 0 Å². The van der Waals surface area contributed by atoms with Crippen molar-refractivity contribution in [3.05, 3.63) is 0 Å². The van der Waals surface area contributed by atoms with Crippen LogP contribution in [0.3, 0.4) is 0 Å². The lowest BCUT2D eigenvalue weighted by Gasteiger charge is -2.16. The van der Waals surface area contributed by atoms with E-state index in [-0.39, 0.29) is 6.42 Å². The number of anilines is 1. The van der Waals surface area contributed by atoms with E-state index in [0.717, 1.165) is 25.0 Å². The van der Waals surface area contributed by atoms with Gasteiger partial charge in [0, 0.05) is 18.2 Å². The first kappa shape index (κ1) is 17.0. The third kappa shape index (κ3) is 3.19. The average molecular weight is 366 g/mol. The molecular formula is C15H22N6O3S. The second-order valence-electron chi connectivity index (χ2n) is 6.68. The minimum absolute atomic E-state index is 0.202. The van der Waals surface area contributed by atoms with Gasteiger partial charge in [0.05, 0.1) is 12.1 Å². The van der Waals surface area contributed by atoms with Crippen molar-refractivity contribution >= 4 is 28.7 Å². The van der Waals surface area contributed by atoms with Gasteiger partial charge in [-0.15, -0.1) is 5.10 Å². The molecule has 0 aromatic carbocycles. The number of thioether (sulfide) groups is 1. The van der Waals surface area contributed by atoms with E-state index in [2.05, 4.69) is 32.5 Å². The van der Waals surface area contributed by atoms with Crippen molar-refractivity contribution in [3.63, 3.8) is 0 Å². The van der Waals surface area contributed by atoms with Gasteiger partial charge >= 0.3 is 0 Å². The van der Waals surface area contributed by atoms with Gasteiger partial charge in [-0.2, -0.15) is 0 Å². The summed E-state index contributed by atoms with van der Waals surface area (Å²) in [4.78, 5) is 9.14. The Kier molecular flexibility index (Phi) is 4.52. The number of nitrogens with one attached hydrogen (secondary N) is 1. The lowest BCUT2D eigenvalue weighted by molar-refractivity contribution is -0.0253. The maximum atomic E-state index is 10.2. The molecule has 2 heterocycles. The molecule has 0 unspecified atom stereocenters. The Morgan fingerprint density at radius 3 is 2.64 bits per heavy atom. The third-order valence-corrected chi connectivity index (χ3v) is 5.65. The van der Waals surface area contributed by atoms with Gasteiger partial charge in [0.2, 0.25) is 0 Å². The SMILES string of the molecule is CCCSc1nc(NC2CC2)c2nnn([C@@H]3C[C@H](O)[C@@H](O)[C@H]3O)c2n1. The molecule has 2 aromatic heterocycles. The van der Waals surface area contributed by atoms with Crippen molar-refractivity contribution in [3.8, 4) is 0 Å². The van der Waals surface area contributed by atoms with Crippen LogP contribution in [-0.2, 0) is 0 Å². The quantitative estimate of drug-likeness (QED) is 0.422. The molecule has 4 atom stereocenters. The van der Waals surface area contributed by atoms with Gasteiger partial charge in [0.25, 0.3) is 0 Å².